The fourth-order valence-electron chi connectivity index (χ4n) is 8.43. The van der Waals surface area contributed by atoms with Gasteiger partial charge in [0.05, 0.1) is 27.8 Å². The van der Waals surface area contributed by atoms with Crippen molar-refractivity contribution in [1.82, 2.24) is 9.13 Å². The van der Waals surface area contributed by atoms with Crippen molar-refractivity contribution in [3.63, 3.8) is 0 Å². The van der Waals surface area contributed by atoms with Crippen molar-refractivity contribution in [2.24, 2.45) is 4.99 Å². The topological polar surface area (TPSA) is 34.2 Å². The molecule has 10 aromatic rings. The Morgan fingerprint density at radius 3 is 1.92 bits per heavy atom. The van der Waals surface area contributed by atoms with Gasteiger partial charge in [-0.05, 0) is 64.5 Å². The van der Waals surface area contributed by atoms with E-state index >= 15 is 0 Å². The molecule has 0 aliphatic carbocycles. The van der Waals surface area contributed by atoms with E-state index in [4.69, 9.17) is 4.99 Å². The van der Waals surface area contributed by atoms with E-state index in [0.29, 0.717) is 0 Å². The summed E-state index contributed by atoms with van der Waals surface area (Å²) in [6, 6.07) is 65.5. The molecule has 0 saturated heterocycles. The second kappa shape index (κ2) is 11.3. The fourth-order valence-corrected chi connectivity index (χ4v) is 8.43. The van der Waals surface area contributed by atoms with Crippen LogP contribution in [-0.4, -0.2) is 15.0 Å². The zero-order chi connectivity index (χ0) is 34.2. The van der Waals surface area contributed by atoms with Crippen molar-refractivity contribution in [1.29, 1.82) is 0 Å². The molecule has 4 nitrogen and oxygen atoms in total. The molecule has 2 aromatic heterocycles. The predicted molar refractivity (Wildman–Crippen MR) is 218 cm³/mol. The van der Waals surface area contributed by atoms with Crippen LogP contribution in [0.25, 0.3) is 71.2 Å². The maximum absolute atomic E-state index is 5.52. The van der Waals surface area contributed by atoms with Gasteiger partial charge in [0.2, 0.25) is 0 Å². The van der Waals surface area contributed by atoms with Crippen molar-refractivity contribution in [3.05, 3.63) is 193 Å². The van der Waals surface area contributed by atoms with Gasteiger partial charge < -0.3 is 9.88 Å². The Bertz CT molecular complexity index is 3040. The first-order chi connectivity index (χ1) is 25.8. The van der Waals surface area contributed by atoms with Crippen LogP contribution in [0.3, 0.4) is 0 Å². The molecule has 0 spiro atoms. The number of fused-ring (bicyclic) bond motifs is 9. The highest BCUT2D eigenvalue weighted by Crippen LogP contribution is 2.42. The molecular formula is C48H32N4. The van der Waals surface area contributed by atoms with E-state index in [-0.39, 0.29) is 6.17 Å². The van der Waals surface area contributed by atoms with Crippen LogP contribution in [0.1, 0.15) is 17.3 Å². The van der Waals surface area contributed by atoms with Gasteiger partial charge in [0.25, 0.3) is 0 Å². The molecule has 1 aliphatic rings. The molecule has 4 heteroatoms. The van der Waals surface area contributed by atoms with Gasteiger partial charge in [0.15, 0.2) is 0 Å². The lowest BCUT2D eigenvalue weighted by Crippen LogP contribution is -2.25. The van der Waals surface area contributed by atoms with Crippen LogP contribution in [0.2, 0.25) is 0 Å². The van der Waals surface area contributed by atoms with Crippen LogP contribution >= 0.6 is 0 Å². The number of rotatable bonds is 3. The number of hydrogen-bond acceptors (Lipinski definition) is 2. The van der Waals surface area contributed by atoms with Crippen LogP contribution in [-0.2, 0) is 0 Å². The molecule has 244 valence electrons. The highest BCUT2D eigenvalue weighted by molar-refractivity contribution is 6.24. The number of nitrogens with zero attached hydrogens (tertiary/aromatic N) is 3. The summed E-state index contributed by atoms with van der Waals surface area (Å²) in [4.78, 5) is 5.52. The van der Waals surface area contributed by atoms with Crippen molar-refractivity contribution < 1.29 is 0 Å². The monoisotopic (exact) mass is 664 g/mol. The van der Waals surface area contributed by atoms with E-state index in [1.54, 1.807) is 0 Å². The number of anilines is 1. The number of benzene rings is 8. The molecule has 0 amide bonds. The van der Waals surface area contributed by atoms with Gasteiger partial charge in [-0.15, -0.1) is 0 Å². The van der Waals surface area contributed by atoms with E-state index < -0.39 is 0 Å². The second-order valence-corrected chi connectivity index (χ2v) is 13.6. The van der Waals surface area contributed by atoms with E-state index in [2.05, 4.69) is 196 Å². The third kappa shape index (κ3) is 4.25. The number of aliphatic imine (C=N–C) groups is 1. The Kier molecular flexibility index (Phi) is 6.28. The minimum Gasteiger partial charge on any atom is -0.359 e. The average Bonchev–Trinajstić information content (AvgIpc) is 3.73. The Hall–Kier alpha value is -6.91. The summed E-state index contributed by atoms with van der Waals surface area (Å²) >= 11 is 0. The van der Waals surface area contributed by atoms with Crippen molar-refractivity contribution >= 4 is 65.9 Å². The molecule has 1 atom stereocenters. The second-order valence-electron chi connectivity index (χ2n) is 13.6. The molecule has 0 fully saturated rings. The molecule has 3 heterocycles. The summed E-state index contributed by atoms with van der Waals surface area (Å²) in [5.74, 6) is 0.941. The molecule has 1 aliphatic heterocycles. The zero-order valence-corrected chi connectivity index (χ0v) is 28.2. The average molecular weight is 665 g/mol. The molecule has 0 saturated carbocycles. The van der Waals surface area contributed by atoms with Gasteiger partial charge in [0, 0.05) is 38.2 Å². The van der Waals surface area contributed by atoms with E-state index in [9.17, 15) is 0 Å². The minimum absolute atomic E-state index is 0.240. The normalized spacial score (nSPS) is 14.2. The molecule has 8 aromatic carbocycles. The number of aromatic nitrogens is 2. The SMILES string of the molecule is c1ccc(C2N=C(n3c4ccccc4c4c(-c5ccc6c7ccccc7n(-c7ccccc7)c6c5)cccc43)c3ccc4ccccc4c3N2)cc1. The third-order valence-electron chi connectivity index (χ3n) is 10.7. The summed E-state index contributed by atoms with van der Waals surface area (Å²) < 4.78 is 4.78. The summed E-state index contributed by atoms with van der Waals surface area (Å²) in [6.45, 7) is 0. The number of nitrogens with one attached hydrogen (secondary N) is 1. The summed E-state index contributed by atoms with van der Waals surface area (Å²) in [6.07, 6.45) is -0.240. The summed E-state index contributed by atoms with van der Waals surface area (Å²) in [7, 11) is 0. The lowest BCUT2D eigenvalue weighted by atomic mass is 9.98. The van der Waals surface area contributed by atoms with Gasteiger partial charge in [-0.1, -0.05) is 140 Å². The molecule has 52 heavy (non-hydrogen) atoms. The molecule has 1 unspecified atom stereocenters. The fraction of sp³-hybridized carbons (Fsp3) is 0.0208. The summed E-state index contributed by atoms with van der Waals surface area (Å²) in [5, 5.41) is 11.2. The van der Waals surface area contributed by atoms with Crippen LogP contribution in [0.15, 0.2) is 187 Å². The molecule has 11 rings (SSSR count). The van der Waals surface area contributed by atoms with Crippen LogP contribution in [0, 0.1) is 0 Å². The van der Waals surface area contributed by atoms with Gasteiger partial charge >= 0.3 is 0 Å². The first-order valence-electron chi connectivity index (χ1n) is 17.8. The highest BCUT2D eigenvalue weighted by atomic mass is 15.2. The smallest absolute Gasteiger partial charge is 0.147 e. The van der Waals surface area contributed by atoms with E-state index in [0.717, 1.165) is 39.4 Å². The lowest BCUT2D eigenvalue weighted by molar-refractivity contribution is 0.821. The predicted octanol–water partition coefficient (Wildman–Crippen LogP) is 12.1. The first kappa shape index (κ1) is 28.9. The van der Waals surface area contributed by atoms with Crippen LogP contribution in [0.5, 0.6) is 0 Å². The van der Waals surface area contributed by atoms with Crippen LogP contribution in [0.4, 0.5) is 5.69 Å². The van der Waals surface area contributed by atoms with Gasteiger partial charge in [-0.2, -0.15) is 0 Å². The molecule has 0 radical (unpaired) electrons. The third-order valence-corrected chi connectivity index (χ3v) is 10.7. The Labute approximate surface area is 300 Å². The maximum Gasteiger partial charge on any atom is 0.147 e. The molecular weight excluding hydrogens is 633 g/mol. The Balaban J connectivity index is 1.19. The van der Waals surface area contributed by atoms with Crippen molar-refractivity contribution in [3.8, 4) is 16.8 Å². The minimum atomic E-state index is -0.240. The Morgan fingerprint density at radius 2 is 1.10 bits per heavy atom. The van der Waals surface area contributed by atoms with Crippen LogP contribution < -0.4 is 5.32 Å². The molecule has 0 bridgehead atoms. The quantitative estimate of drug-likeness (QED) is 0.200. The maximum atomic E-state index is 5.52. The first-order valence-corrected chi connectivity index (χ1v) is 17.8. The van der Waals surface area contributed by atoms with E-state index in [1.165, 1.54) is 54.5 Å². The zero-order valence-electron chi connectivity index (χ0n) is 28.2. The molecule has 1 N–H and O–H groups in total. The van der Waals surface area contributed by atoms with Crippen molar-refractivity contribution in [2.75, 3.05) is 5.32 Å². The summed E-state index contributed by atoms with van der Waals surface area (Å²) in [5.41, 5.74) is 11.5. The van der Waals surface area contributed by atoms with E-state index in [1.807, 2.05) is 0 Å². The van der Waals surface area contributed by atoms with Crippen molar-refractivity contribution in [2.45, 2.75) is 6.17 Å². The van der Waals surface area contributed by atoms with Gasteiger partial charge in [0.1, 0.15) is 12.0 Å². The lowest BCUT2D eigenvalue weighted by Gasteiger charge is -2.28. The number of hydrogen-bond donors (Lipinski definition) is 1. The van der Waals surface area contributed by atoms with Gasteiger partial charge in [-0.3, -0.25) is 4.57 Å². The highest BCUT2D eigenvalue weighted by Gasteiger charge is 2.27. The Morgan fingerprint density at radius 1 is 0.442 bits per heavy atom. The van der Waals surface area contributed by atoms with Gasteiger partial charge in [-0.25, -0.2) is 4.99 Å². The largest absolute Gasteiger partial charge is 0.359 e. The standard InChI is InChI=1S/C48H32N4/c1-3-15-32(16-4-1)47-49-46-36-19-8-7-14-31(36)26-29-40(46)48(50-47)52-42-24-12-10-21-39(42)45-35(22-13-25-43(45)52)33-27-28-38-37-20-9-11-23-41(37)51(44(38)30-33)34-17-5-2-6-18-34/h1-30,47,49H. The number of para-hydroxylation sites is 3.